The van der Waals surface area contributed by atoms with Crippen molar-refractivity contribution in [3.63, 3.8) is 0 Å². The molecule has 1 saturated heterocycles. The summed E-state index contributed by atoms with van der Waals surface area (Å²) in [7, 11) is 0. The normalized spacial score (nSPS) is 18.2. The molecule has 210 valence electrons. The Bertz CT molecular complexity index is 1410. The van der Waals surface area contributed by atoms with E-state index in [0.29, 0.717) is 23.6 Å². The number of hydrogen-bond donors (Lipinski definition) is 3. The van der Waals surface area contributed by atoms with Crippen molar-refractivity contribution >= 4 is 46.1 Å². The van der Waals surface area contributed by atoms with Gasteiger partial charge in [-0.15, -0.1) is 0 Å². The summed E-state index contributed by atoms with van der Waals surface area (Å²) in [6.45, 7) is 3.96. The fourth-order valence-electron chi connectivity index (χ4n) is 5.30. The molecule has 40 heavy (non-hydrogen) atoms. The molecule has 0 spiro atoms. The molecule has 5 amide bonds. The zero-order valence-corrected chi connectivity index (χ0v) is 23.4. The maximum Gasteiger partial charge on any atom is 0.315 e. The molecule has 1 aliphatic rings. The smallest absolute Gasteiger partial charge is 0.315 e. The van der Waals surface area contributed by atoms with Crippen LogP contribution in [-0.2, 0) is 20.8 Å². The summed E-state index contributed by atoms with van der Waals surface area (Å²) in [5.41, 5.74) is 7.33. The summed E-state index contributed by atoms with van der Waals surface area (Å²) in [5.74, 6) is -1.48. The second kappa shape index (κ2) is 12.8. The minimum atomic E-state index is -1.06. The van der Waals surface area contributed by atoms with Gasteiger partial charge in [-0.25, -0.2) is 4.79 Å². The topological polar surface area (TPSA) is 125 Å². The number of primary amides is 1. The highest BCUT2D eigenvalue weighted by atomic mass is 35.5. The van der Waals surface area contributed by atoms with Gasteiger partial charge in [0, 0.05) is 30.6 Å². The number of fused-ring (bicyclic) bond motifs is 1. The summed E-state index contributed by atoms with van der Waals surface area (Å²) < 4.78 is 0. The Hall–Kier alpha value is -4.11. The Balaban J connectivity index is 1.72. The van der Waals surface area contributed by atoms with Gasteiger partial charge in [-0.1, -0.05) is 66.2 Å². The van der Waals surface area contributed by atoms with Crippen molar-refractivity contribution in [1.82, 2.24) is 20.4 Å². The van der Waals surface area contributed by atoms with Gasteiger partial charge < -0.3 is 26.2 Å². The molecule has 0 bridgehead atoms. The van der Waals surface area contributed by atoms with E-state index < -0.39 is 35.8 Å². The molecule has 3 aromatic rings. The predicted molar refractivity (Wildman–Crippen MR) is 155 cm³/mol. The number of carbonyl (C=O) groups excluding carboxylic acids is 4. The van der Waals surface area contributed by atoms with Gasteiger partial charge >= 0.3 is 6.03 Å². The van der Waals surface area contributed by atoms with E-state index in [1.165, 1.54) is 9.80 Å². The standard InChI is InChI=1S/C30H34ClN5O4/c1-3-33-30(40)34-18-26(37)36-19(2)14-15-35(29(39)27(36)22-11-7-12-23(31)16-22)25(28(32)38)17-21-10-6-9-20-8-4-5-13-24(20)21/h4-13,16,19,25,27H,3,14-15,17-18H2,1-2H3,(H2,32,38)(H2,33,34,40). The summed E-state index contributed by atoms with van der Waals surface area (Å²) in [5, 5.41) is 7.55. The third-order valence-electron chi connectivity index (χ3n) is 7.25. The van der Waals surface area contributed by atoms with Crippen molar-refractivity contribution < 1.29 is 19.2 Å². The Kier molecular flexibility index (Phi) is 9.26. The molecule has 1 aliphatic heterocycles. The minimum absolute atomic E-state index is 0.225. The molecule has 0 aliphatic carbocycles. The number of hydrogen-bond acceptors (Lipinski definition) is 4. The summed E-state index contributed by atoms with van der Waals surface area (Å²) in [6, 6.07) is 17.6. The molecule has 3 aromatic carbocycles. The van der Waals surface area contributed by atoms with Crippen LogP contribution in [0.25, 0.3) is 10.8 Å². The number of benzene rings is 3. The van der Waals surface area contributed by atoms with Gasteiger partial charge in [-0.3, -0.25) is 14.4 Å². The van der Waals surface area contributed by atoms with Gasteiger partial charge in [0.25, 0.3) is 5.91 Å². The van der Waals surface area contributed by atoms with Gasteiger partial charge in [0.15, 0.2) is 0 Å². The molecular formula is C30H34ClN5O4. The minimum Gasteiger partial charge on any atom is -0.368 e. The number of urea groups is 1. The quantitative estimate of drug-likeness (QED) is 0.388. The zero-order chi connectivity index (χ0) is 28.8. The van der Waals surface area contributed by atoms with Crippen molar-refractivity contribution in [1.29, 1.82) is 0 Å². The number of rotatable bonds is 8. The van der Waals surface area contributed by atoms with Crippen molar-refractivity contribution in [2.45, 2.75) is 44.8 Å². The van der Waals surface area contributed by atoms with E-state index in [1.807, 2.05) is 49.4 Å². The van der Waals surface area contributed by atoms with E-state index in [-0.39, 0.29) is 25.6 Å². The average molecular weight is 564 g/mol. The van der Waals surface area contributed by atoms with Crippen molar-refractivity contribution in [2.75, 3.05) is 19.6 Å². The first-order chi connectivity index (χ1) is 19.2. The largest absolute Gasteiger partial charge is 0.368 e. The van der Waals surface area contributed by atoms with Crippen LogP contribution >= 0.6 is 11.6 Å². The van der Waals surface area contributed by atoms with E-state index in [1.54, 1.807) is 31.2 Å². The first-order valence-corrected chi connectivity index (χ1v) is 13.7. The molecule has 1 fully saturated rings. The van der Waals surface area contributed by atoms with Crippen LogP contribution in [0.4, 0.5) is 4.79 Å². The van der Waals surface area contributed by atoms with Gasteiger partial charge in [0.2, 0.25) is 11.8 Å². The van der Waals surface area contributed by atoms with Gasteiger partial charge in [0.1, 0.15) is 12.1 Å². The van der Waals surface area contributed by atoms with Crippen LogP contribution in [-0.4, -0.2) is 65.3 Å². The van der Waals surface area contributed by atoms with Crippen LogP contribution in [0, 0.1) is 0 Å². The summed E-state index contributed by atoms with van der Waals surface area (Å²) >= 11 is 6.30. The summed E-state index contributed by atoms with van der Waals surface area (Å²) in [6.07, 6.45) is 0.640. The number of halogens is 1. The third-order valence-corrected chi connectivity index (χ3v) is 7.48. The van der Waals surface area contributed by atoms with Gasteiger partial charge in [-0.05, 0) is 54.3 Å². The number of carbonyl (C=O) groups is 4. The molecule has 0 radical (unpaired) electrons. The molecule has 3 unspecified atom stereocenters. The Labute approximate surface area is 238 Å². The SMILES string of the molecule is CCNC(=O)NCC(=O)N1C(C)CCN(C(Cc2cccc3ccccc23)C(N)=O)C(=O)C1c1cccc(Cl)c1. The fraction of sp³-hybridized carbons (Fsp3) is 0.333. The molecule has 9 nitrogen and oxygen atoms in total. The molecular weight excluding hydrogens is 530 g/mol. The maximum atomic E-state index is 14.3. The van der Waals surface area contributed by atoms with E-state index in [0.717, 1.165) is 16.3 Å². The van der Waals surface area contributed by atoms with E-state index >= 15 is 0 Å². The molecule has 4 rings (SSSR count). The van der Waals surface area contributed by atoms with Crippen molar-refractivity contribution in [3.05, 3.63) is 82.9 Å². The molecule has 0 saturated carbocycles. The summed E-state index contributed by atoms with van der Waals surface area (Å²) in [4.78, 5) is 55.7. The lowest BCUT2D eigenvalue weighted by atomic mass is 9.96. The molecule has 4 N–H and O–H groups in total. The maximum absolute atomic E-state index is 14.3. The Morgan fingerprint density at radius 2 is 1.77 bits per heavy atom. The number of nitrogens with zero attached hydrogens (tertiary/aromatic N) is 2. The van der Waals surface area contributed by atoms with E-state index in [9.17, 15) is 19.2 Å². The lowest BCUT2D eigenvalue weighted by Crippen LogP contribution is -2.53. The fourth-order valence-corrected chi connectivity index (χ4v) is 5.50. The zero-order valence-electron chi connectivity index (χ0n) is 22.6. The highest BCUT2D eigenvalue weighted by Gasteiger charge is 2.43. The first-order valence-electron chi connectivity index (χ1n) is 13.4. The number of nitrogens with two attached hydrogens (primary N) is 1. The monoisotopic (exact) mass is 563 g/mol. The predicted octanol–water partition coefficient (Wildman–Crippen LogP) is 3.40. The van der Waals surface area contributed by atoms with Crippen LogP contribution in [0.3, 0.4) is 0 Å². The van der Waals surface area contributed by atoms with Crippen LogP contribution in [0.5, 0.6) is 0 Å². The second-order valence-corrected chi connectivity index (χ2v) is 10.3. The molecule has 0 aromatic heterocycles. The van der Waals surface area contributed by atoms with Crippen LogP contribution in [0.15, 0.2) is 66.7 Å². The van der Waals surface area contributed by atoms with Gasteiger partial charge in [0.05, 0.1) is 6.54 Å². The first kappa shape index (κ1) is 28.9. The Morgan fingerprint density at radius 3 is 2.50 bits per heavy atom. The van der Waals surface area contributed by atoms with E-state index in [4.69, 9.17) is 17.3 Å². The highest BCUT2D eigenvalue weighted by molar-refractivity contribution is 6.30. The molecule has 10 heteroatoms. The molecule has 1 heterocycles. The highest BCUT2D eigenvalue weighted by Crippen LogP contribution is 2.33. The second-order valence-electron chi connectivity index (χ2n) is 9.90. The number of nitrogens with one attached hydrogen (secondary N) is 2. The lowest BCUT2D eigenvalue weighted by Gasteiger charge is -2.36. The molecule has 3 atom stereocenters. The van der Waals surface area contributed by atoms with Crippen molar-refractivity contribution in [2.24, 2.45) is 5.73 Å². The third kappa shape index (κ3) is 6.37. The van der Waals surface area contributed by atoms with Crippen LogP contribution < -0.4 is 16.4 Å². The Morgan fingerprint density at radius 1 is 1.05 bits per heavy atom. The van der Waals surface area contributed by atoms with Crippen LogP contribution in [0.1, 0.15) is 37.4 Å². The number of amides is 5. The average Bonchev–Trinajstić information content (AvgIpc) is 3.06. The lowest BCUT2D eigenvalue weighted by molar-refractivity contribution is -0.148. The van der Waals surface area contributed by atoms with E-state index in [2.05, 4.69) is 10.6 Å². The van der Waals surface area contributed by atoms with Crippen LogP contribution in [0.2, 0.25) is 5.02 Å². The van der Waals surface area contributed by atoms with Gasteiger partial charge in [-0.2, -0.15) is 0 Å². The van der Waals surface area contributed by atoms with Crippen molar-refractivity contribution in [3.8, 4) is 0 Å².